The first kappa shape index (κ1) is 15.2. The summed E-state index contributed by atoms with van der Waals surface area (Å²) < 4.78 is 4.87. The number of rotatable bonds is 6. The van der Waals surface area contributed by atoms with E-state index in [1.165, 1.54) is 6.08 Å². The lowest BCUT2D eigenvalue weighted by Gasteiger charge is -2.03. The van der Waals surface area contributed by atoms with Crippen molar-refractivity contribution in [3.63, 3.8) is 0 Å². The molecule has 1 aromatic carbocycles. The number of amides is 1. The highest BCUT2D eigenvalue weighted by Gasteiger charge is 2.08. The summed E-state index contributed by atoms with van der Waals surface area (Å²) in [4.78, 5) is 11.8. The third-order valence-corrected chi connectivity index (χ3v) is 2.57. The molecule has 0 aromatic heterocycles. The molecule has 0 aliphatic heterocycles. The maximum absolute atomic E-state index is 11.8. The van der Waals surface area contributed by atoms with Crippen molar-refractivity contribution in [2.24, 2.45) is 0 Å². The summed E-state index contributed by atoms with van der Waals surface area (Å²) in [6.45, 7) is 1.04. The number of hydrogen-bond acceptors (Lipinski definition) is 3. The minimum Gasteiger partial charge on any atom is -0.385 e. The summed E-state index contributed by atoms with van der Waals surface area (Å²) in [6, 6.07) is 8.85. The molecule has 0 atom stereocenters. The molecule has 1 N–H and O–H groups in total. The zero-order valence-corrected chi connectivity index (χ0v) is 11.4. The number of methoxy groups -OCH3 is 1. The van der Waals surface area contributed by atoms with Crippen molar-refractivity contribution in [1.29, 1.82) is 5.26 Å². The number of nitrogens with one attached hydrogen (secondary N) is 1. The van der Waals surface area contributed by atoms with Gasteiger partial charge in [-0.25, -0.2) is 0 Å². The first-order valence-corrected chi connectivity index (χ1v) is 6.19. The quantitative estimate of drug-likeness (QED) is 0.494. The van der Waals surface area contributed by atoms with Crippen LogP contribution < -0.4 is 5.32 Å². The Labute approximate surface area is 117 Å². The van der Waals surface area contributed by atoms with Crippen LogP contribution in [0, 0.1) is 11.3 Å². The Bertz CT molecular complexity index is 506. The Morgan fingerprint density at radius 2 is 2.37 bits per heavy atom. The number of benzene rings is 1. The van der Waals surface area contributed by atoms with E-state index in [9.17, 15) is 4.79 Å². The molecule has 0 aliphatic carbocycles. The molecular formula is C14H15ClN2O2. The summed E-state index contributed by atoms with van der Waals surface area (Å²) in [5.74, 6) is -0.390. The Morgan fingerprint density at radius 3 is 3.00 bits per heavy atom. The van der Waals surface area contributed by atoms with Crippen molar-refractivity contribution in [2.75, 3.05) is 20.3 Å². The Hall–Kier alpha value is -1.83. The molecule has 1 rings (SSSR count). The number of nitriles is 1. The summed E-state index contributed by atoms with van der Waals surface area (Å²) >= 11 is 5.84. The van der Waals surface area contributed by atoms with Gasteiger partial charge in [0.25, 0.3) is 5.91 Å². The maximum atomic E-state index is 11.8. The molecule has 0 unspecified atom stereocenters. The van der Waals surface area contributed by atoms with Gasteiger partial charge in [0.2, 0.25) is 0 Å². The van der Waals surface area contributed by atoms with E-state index in [0.717, 1.165) is 5.56 Å². The van der Waals surface area contributed by atoms with E-state index >= 15 is 0 Å². The van der Waals surface area contributed by atoms with Gasteiger partial charge in [0.15, 0.2) is 0 Å². The molecular weight excluding hydrogens is 264 g/mol. The van der Waals surface area contributed by atoms with Crippen molar-refractivity contribution >= 4 is 23.6 Å². The van der Waals surface area contributed by atoms with Crippen molar-refractivity contribution in [3.05, 3.63) is 40.4 Å². The summed E-state index contributed by atoms with van der Waals surface area (Å²) in [5, 5.41) is 12.2. The topological polar surface area (TPSA) is 62.1 Å². The second kappa shape index (κ2) is 8.30. The van der Waals surface area contributed by atoms with E-state index in [-0.39, 0.29) is 5.57 Å². The van der Waals surface area contributed by atoms with E-state index in [0.29, 0.717) is 24.6 Å². The molecule has 19 heavy (non-hydrogen) atoms. The normalized spacial score (nSPS) is 10.9. The van der Waals surface area contributed by atoms with Crippen LogP contribution in [0.3, 0.4) is 0 Å². The van der Waals surface area contributed by atoms with E-state index in [1.54, 1.807) is 31.4 Å². The average Bonchev–Trinajstić information content (AvgIpc) is 2.41. The van der Waals surface area contributed by atoms with Crippen LogP contribution in [0.15, 0.2) is 29.8 Å². The number of ether oxygens (including phenoxy) is 1. The van der Waals surface area contributed by atoms with E-state index in [2.05, 4.69) is 5.32 Å². The predicted molar refractivity (Wildman–Crippen MR) is 74.5 cm³/mol. The SMILES string of the molecule is COCCCNC(=O)/C(C#N)=C/c1cccc(Cl)c1. The number of nitrogens with zero attached hydrogens (tertiary/aromatic N) is 1. The van der Waals surface area contributed by atoms with Gasteiger partial charge < -0.3 is 10.1 Å². The second-order valence-electron chi connectivity index (χ2n) is 3.83. The zero-order valence-electron chi connectivity index (χ0n) is 10.6. The zero-order chi connectivity index (χ0) is 14.1. The van der Waals surface area contributed by atoms with Gasteiger partial charge in [-0.3, -0.25) is 4.79 Å². The lowest BCUT2D eigenvalue weighted by molar-refractivity contribution is -0.117. The van der Waals surface area contributed by atoms with Gasteiger partial charge in [-0.1, -0.05) is 23.7 Å². The van der Waals surface area contributed by atoms with Crippen LogP contribution in [0.1, 0.15) is 12.0 Å². The molecule has 5 heteroatoms. The van der Waals surface area contributed by atoms with Gasteiger partial charge in [0, 0.05) is 25.3 Å². The van der Waals surface area contributed by atoms with Gasteiger partial charge in [-0.05, 0) is 30.2 Å². The molecule has 1 amide bonds. The minimum absolute atomic E-state index is 0.0553. The van der Waals surface area contributed by atoms with Crippen LogP contribution in [-0.2, 0) is 9.53 Å². The van der Waals surface area contributed by atoms with Gasteiger partial charge in [-0.15, -0.1) is 0 Å². The molecule has 0 saturated carbocycles. The fraction of sp³-hybridized carbons (Fsp3) is 0.286. The predicted octanol–water partition coefficient (Wildman–Crippen LogP) is 2.40. The standard InChI is InChI=1S/C14H15ClN2O2/c1-19-7-3-6-17-14(18)12(10-16)8-11-4-2-5-13(15)9-11/h2,4-5,8-9H,3,6-7H2,1H3,(H,17,18)/b12-8+. The number of carbonyl (C=O) groups is 1. The van der Waals surface area contributed by atoms with Gasteiger partial charge in [0.05, 0.1) is 0 Å². The largest absolute Gasteiger partial charge is 0.385 e. The average molecular weight is 279 g/mol. The monoisotopic (exact) mass is 278 g/mol. The fourth-order valence-corrected chi connectivity index (χ4v) is 1.62. The molecule has 100 valence electrons. The highest BCUT2D eigenvalue weighted by Crippen LogP contribution is 2.13. The molecule has 0 fully saturated rings. The van der Waals surface area contributed by atoms with Crippen molar-refractivity contribution in [2.45, 2.75) is 6.42 Å². The smallest absolute Gasteiger partial charge is 0.261 e. The molecule has 0 spiro atoms. The summed E-state index contributed by atoms with van der Waals surface area (Å²) in [7, 11) is 1.60. The third-order valence-electron chi connectivity index (χ3n) is 2.34. The number of carbonyl (C=O) groups excluding carboxylic acids is 1. The molecule has 0 aliphatic rings. The number of halogens is 1. The van der Waals surface area contributed by atoms with Gasteiger partial charge >= 0.3 is 0 Å². The van der Waals surface area contributed by atoms with Crippen LogP contribution >= 0.6 is 11.6 Å². The number of hydrogen-bond donors (Lipinski definition) is 1. The van der Waals surface area contributed by atoms with E-state index in [4.69, 9.17) is 21.6 Å². The van der Waals surface area contributed by atoms with Crippen molar-refractivity contribution in [3.8, 4) is 6.07 Å². The van der Waals surface area contributed by atoms with E-state index < -0.39 is 5.91 Å². The fourth-order valence-electron chi connectivity index (χ4n) is 1.43. The Morgan fingerprint density at radius 1 is 1.58 bits per heavy atom. The van der Waals surface area contributed by atoms with Crippen LogP contribution in [0.4, 0.5) is 0 Å². The van der Waals surface area contributed by atoms with Crippen molar-refractivity contribution in [1.82, 2.24) is 5.32 Å². The molecule has 1 aromatic rings. The highest BCUT2D eigenvalue weighted by atomic mass is 35.5. The highest BCUT2D eigenvalue weighted by molar-refractivity contribution is 6.30. The molecule has 0 radical (unpaired) electrons. The molecule has 0 bridgehead atoms. The lowest BCUT2D eigenvalue weighted by Crippen LogP contribution is -2.26. The van der Waals surface area contributed by atoms with Crippen LogP contribution in [0.2, 0.25) is 5.02 Å². The van der Waals surface area contributed by atoms with E-state index in [1.807, 2.05) is 6.07 Å². The first-order chi connectivity index (χ1) is 9.17. The van der Waals surface area contributed by atoms with Crippen molar-refractivity contribution < 1.29 is 9.53 Å². The second-order valence-corrected chi connectivity index (χ2v) is 4.26. The first-order valence-electron chi connectivity index (χ1n) is 5.82. The van der Waals surface area contributed by atoms with Gasteiger partial charge in [0.1, 0.15) is 11.6 Å². The molecule has 0 saturated heterocycles. The Balaban J connectivity index is 2.67. The summed E-state index contributed by atoms with van der Waals surface area (Å²) in [5.41, 5.74) is 0.774. The van der Waals surface area contributed by atoms with Crippen LogP contribution in [0.25, 0.3) is 6.08 Å². The lowest BCUT2D eigenvalue weighted by atomic mass is 10.1. The Kier molecular flexibility index (Phi) is 6.65. The minimum atomic E-state index is -0.390. The third kappa shape index (κ3) is 5.56. The molecule has 4 nitrogen and oxygen atoms in total. The van der Waals surface area contributed by atoms with Gasteiger partial charge in [-0.2, -0.15) is 5.26 Å². The molecule has 0 heterocycles. The maximum Gasteiger partial charge on any atom is 0.261 e. The summed E-state index contributed by atoms with van der Waals surface area (Å²) in [6.07, 6.45) is 2.22. The van der Waals surface area contributed by atoms with Crippen LogP contribution in [0.5, 0.6) is 0 Å². The van der Waals surface area contributed by atoms with Crippen LogP contribution in [-0.4, -0.2) is 26.2 Å².